The average molecular weight is 336 g/mol. The fraction of sp³-hybridized carbons (Fsp3) is 0.867. The third kappa shape index (κ3) is 5.65. The number of nitrogens with one attached hydrogen (secondary N) is 1. The first kappa shape index (κ1) is 19.0. The molecule has 0 saturated heterocycles. The van der Waals surface area contributed by atoms with Gasteiger partial charge in [0.2, 0.25) is 0 Å². The molecular weight excluding hydrogens is 310 g/mol. The van der Waals surface area contributed by atoms with Crippen LogP contribution in [0.2, 0.25) is 0 Å². The quantitative estimate of drug-likeness (QED) is 0.631. The maximum atomic E-state index is 12.1. The summed E-state index contributed by atoms with van der Waals surface area (Å²) in [5.41, 5.74) is -2.10. The van der Waals surface area contributed by atoms with Crippen LogP contribution in [0, 0.1) is 0 Å². The largest absolute Gasteiger partial charge is 0.448 e. The van der Waals surface area contributed by atoms with Crippen molar-refractivity contribution in [2.75, 3.05) is 6.07 Å². The van der Waals surface area contributed by atoms with Crippen LogP contribution in [0.25, 0.3) is 0 Å². The molecule has 128 valence electrons. The first-order valence-corrected chi connectivity index (χ1v) is 7.82. The van der Waals surface area contributed by atoms with Gasteiger partial charge in [0.15, 0.2) is 6.07 Å². The molecule has 1 fully saturated rings. The van der Waals surface area contributed by atoms with E-state index < -0.39 is 23.2 Å². The number of rotatable bonds is 4. The molecule has 22 heavy (non-hydrogen) atoms. The van der Waals surface area contributed by atoms with Crippen molar-refractivity contribution in [3.05, 3.63) is 0 Å². The van der Waals surface area contributed by atoms with Gasteiger partial charge in [-0.05, 0) is 41.5 Å². The summed E-state index contributed by atoms with van der Waals surface area (Å²) in [6.45, 7) is 11.1. The molecule has 1 aliphatic carbocycles. The number of alkyl halides is 1. The number of carbonyl (C=O) groups excluding carboxylic acids is 2. The molecule has 0 aliphatic heterocycles. The van der Waals surface area contributed by atoms with Gasteiger partial charge in [0.1, 0.15) is 11.1 Å². The van der Waals surface area contributed by atoms with Crippen LogP contribution in [0.3, 0.4) is 0 Å². The Morgan fingerprint density at radius 1 is 1.14 bits per heavy atom. The number of alkyl carbamates (subject to hydrolysis) is 1. The first-order valence-electron chi connectivity index (χ1n) is 7.29. The second-order valence-electron chi connectivity index (χ2n) is 7.51. The van der Waals surface area contributed by atoms with Gasteiger partial charge in [-0.25, -0.2) is 9.59 Å². The Hall–Kier alpha value is -1.01. The summed E-state index contributed by atoms with van der Waals surface area (Å²) >= 11 is 5.45. The van der Waals surface area contributed by atoms with Crippen LogP contribution in [-0.4, -0.2) is 41.0 Å². The molecule has 7 heteroatoms. The maximum Gasteiger partial charge on any atom is 0.408 e. The minimum atomic E-state index is -1.13. The summed E-state index contributed by atoms with van der Waals surface area (Å²) in [7, 11) is 0. The Morgan fingerprint density at radius 2 is 1.68 bits per heavy atom. The zero-order valence-electron chi connectivity index (χ0n) is 14.1. The van der Waals surface area contributed by atoms with Crippen LogP contribution in [-0.2, 0) is 19.0 Å². The molecule has 0 radical (unpaired) electrons. The van der Waals surface area contributed by atoms with E-state index in [1.165, 1.54) is 0 Å². The molecule has 0 aromatic rings. The van der Waals surface area contributed by atoms with Crippen molar-refractivity contribution in [3.8, 4) is 0 Å². The highest BCUT2D eigenvalue weighted by molar-refractivity contribution is 6.17. The first-order chi connectivity index (χ1) is 9.87. The topological polar surface area (TPSA) is 73.9 Å². The summed E-state index contributed by atoms with van der Waals surface area (Å²) < 4.78 is 15.9. The van der Waals surface area contributed by atoms with Crippen LogP contribution in [0.5, 0.6) is 0 Å². The monoisotopic (exact) mass is 335 g/mol. The Balaban J connectivity index is 2.72. The molecule has 0 atom stereocenters. The van der Waals surface area contributed by atoms with E-state index in [0.717, 1.165) is 0 Å². The van der Waals surface area contributed by atoms with Gasteiger partial charge in [-0.1, -0.05) is 11.6 Å². The number of hydrogen-bond acceptors (Lipinski definition) is 5. The van der Waals surface area contributed by atoms with E-state index in [2.05, 4.69) is 5.32 Å². The number of amides is 1. The molecule has 1 saturated carbocycles. The van der Waals surface area contributed by atoms with Crippen molar-refractivity contribution in [2.45, 2.75) is 77.2 Å². The molecule has 0 aromatic heterocycles. The van der Waals surface area contributed by atoms with Gasteiger partial charge < -0.3 is 19.5 Å². The number of esters is 1. The van der Waals surface area contributed by atoms with Crippen LogP contribution >= 0.6 is 11.6 Å². The summed E-state index contributed by atoms with van der Waals surface area (Å²) in [5, 5.41) is 2.61. The fourth-order valence-corrected chi connectivity index (χ4v) is 2.41. The molecule has 1 amide bonds. The Bertz CT molecular complexity index is 419. The van der Waals surface area contributed by atoms with Crippen molar-refractivity contribution in [1.29, 1.82) is 0 Å². The lowest BCUT2D eigenvalue weighted by Gasteiger charge is -2.47. The van der Waals surface area contributed by atoms with Crippen LogP contribution in [0.15, 0.2) is 0 Å². The second-order valence-corrected chi connectivity index (χ2v) is 7.73. The summed E-state index contributed by atoms with van der Waals surface area (Å²) in [6, 6.07) is -0.263. The zero-order chi connectivity index (χ0) is 17.2. The molecule has 1 N–H and O–H groups in total. The Kier molecular flexibility index (Phi) is 5.73. The van der Waals surface area contributed by atoms with Gasteiger partial charge in [0, 0.05) is 12.8 Å². The lowest BCUT2D eigenvalue weighted by atomic mass is 9.74. The van der Waals surface area contributed by atoms with Crippen molar-refractivity contribution >= 4 is 23.7 Å². The van der Waals surface area contributed by atoms with Gasteiger partial charge in [-0.3, -0.25) is 0 Å². The molecule has 1 rings (SSSR count). The minimum Gasteiger partial charge on any atom is -0.448 e. The average Bonchev–Trinajstić information content (AvgIpc) is 2.21. The fourth-order valence-electron chi connectivity index (χ4n) is 2.31. The van der Waals surface area contributed by atoms with Crippen LogP contribution in [0.1, 0.15) is 54.4 Å². The standard InChI is InChI=1S/C15H26ClNO5/c1-13(2,3)21-10-7-15(8-10,11(18)20-9-16)17-12(19)22-14(4,5)6/h10H,7-9H2,1-6H3,(H,17,19). The zero-order valence-corrected chi connectivity index (χ0v) is 14.9. The third-order valence-corrected chi connectivity index (χ3v) is 3.10. The molecule has 0 spiro atoms. The summed E-state index contributed by atoms with van der Waals surface area (Å²) in [6.07, 6.45) is -0.121. The van der Waals surface area contributed by atoms with Crippen molar-refractivity contribution < 1.29 is 23.8 Å². The van der Waals surface area contributed by atoms with Crippen molar-refractivity contribution in [2.24, 2.45) is 0 Å². The molecule has 0 heterocycles. The number of carbonyl (C=O) groups is 2. The SMILES string of the molecule is CC(C)(C)OC(=O)NC1(C(=O)OCCl)CC(OC(C)(C)C)C1. The molecule has 0 unspecified atom stereocenters. The summed E-state index contributed by atoms with van der Waals surface area (Å²) in [4.78, 5) is 24.1. The predicted molar refractivity (Wildman–Crippen MR) is 82.8 cm³/mol. The summed E-state index contributed by atoms with van der Waals surface area (Å²) in [5.74, 6) is -0.567. The van der Waals surface area contributed by atoms with Gasteiger partial charge >= 0.3 is 12.1 Å². The molecule has 1 aliphatic rings. The van der Waals surface area contributed by atoms with E-state index in [9.17, 15) is 9.59 Å². The number of hydrogen-bond donors (Lipinski definition) is 1. The van der Waals surface area contributed by atoms with E-state index in [1.807, 2.05) is 20.8 Å². The highest BCUT2D eigenvalue weighted by Gasteiger charge is 2.54. The highest BCUT2D eigenvalue weighted by Crippen LogP contribution is 2.38. The minimum absolute atomic E-state index is 0.127. The lowest BCUT2D eigenvalue weighted by molar-refractivity contribution is -0.171. The number of halogens is 1. The third-order valence-electron chi connectivity index (χ3n) is 2.99. The van der Waals surface area contributed by atoms with Gasteiger partial charge in [-0.2, -0.15) is 0 Å². The highest BCUT2D eigenvalue weighted by atomic mass is 35.5. The van der Waals surface area contributed by atoms with E-state index in [4.69, 9.17) is 25.8 Å². The van der Waals surface area contributed by atoms with Gasteiger partial charge in [0.05, 0.1) is 11.7 Å². The molecule has 6 nitrogen and oxygen atoms in total. The van der Waals surface area contributed by atoms with E-state index in [0.29, 0.717) is 12.8 Å². The Labute approximate surface area is 136 Å². The maximum absolute atomic E-state index is 12.1. The Morgan fingerprint density at radius 3 is 2.09 bits per heavy atom. The number of ether oxygens (including phenoxy) is 3. The smallest absolute Gasteiger partial charge is 0.408 e. The molecule has 0 aromatic carbocycles. The van der Waals surface area contributed by atoms with Crippen molar-refractivity contribution in [1.82, 2.24) is 5.32 Å². The lowest BCUT2D eigenvalue weighted by Crippen LogP contribution is -2.66. The van der Waals surface area contributed by atoms with Crippen molar-refractivity contribution in [3.63, 3.8) is 0 Å². The second kappa shape index (κ2) is 6.62. The van der Waals surface area contributed by atoms with E-state index >= 15 is 0 Å². The van der Waals surface area contributed by atoms with Crippen LogP contribution < -0.4 is 5.32 Å². The van der Waals surface area contributed by atoms with E-state index in [-0.39, 0.29) is 17.8 Å². The normalized spacial score (nSPS) is 25.1. The van der Waals surface area contributed by atoms with Crippen LogP contribution in [0.4, 0.5) is 4.79 Å². The molecular formula is C15H26ClNO5. The molecule has 0 bridgehead atoms. The van der Waals surface area contributed by atoms with Gasteiger partial charge in [-0.15, -0.1) is 0 Å². The van der Waals surface area contributed by atoms with Gasteiger partial charge in [0.25, 0.3) is 0 Å². The van der Waals surface area contributed by atoms with E-state index in [1.54, 1.807) is 20.8 Å². The predicted octanol–water partition coefficient (Wildman–Crippen LogP) is 2.97.